The van der Waals surface area contributed by atoms with Gasteiger partial charge in [-0.05, 0) is 33.4 Å². The van der Waals surface area contributed by atoms with Crippen LogP contribution in [-0.4, -0.2) is 55.9 Å². The second kappa shape index (κ2) is 19.1. The summed E-state index contributed by atoms with van der Waals surface area (Å²) in [6.45, 7) is 6.44. The summed E-state index contributed by atoms with van der Waals surface area (Å²) in [6.07, 6.45) is -4.20. The van der Waals surface area contributed by atoms with Crippen molar-refractivity contribution >= 4 is 11.9 Å². The van der Waals surface area contributed by atoms with Gasteiger partial charge >= 0.3 is 11.9 Å². The summed E-state index contributed by atoms with van der Waals surface area (Å²) in [5.41, 5.74) is 2.53. The summed E-state index contributed by atoms with van der Waals surface area (Å²) in [5, 5.41) is 0. The summed E-state index contributed by atoms with van der Waals surface area (Å²) in [7, 11) is 0. The highest BCUT2D eigenvalue weighted by molar-refractivity contribution is 5.67. The maximum Gasteiger partial charge on any atom is 0.303 e. The fraction of sp³-hybridized carbons (Fsp3) is 0.216. The zero-order valence-electron chi connectivity index (χ0n) is 33.2. The molecule has 6 aromatic carbocycles. The van der Waals surface area contributed by atoms with Crippen molar-refractivity contribution in [2.75, 3.05) is 13.2 Å². The van der Waals surface area contributed by atoms with E-state index in [0.717, 1.165) is 33.4 Å². The third kappa shape index (κ3) is 8.82. The molecule has 6 aromatic rings. The van der Waals surface area contributed by atoms with Crippen molar-refractivity contribution in [3.05, 3.63) is 228 Å². The molecule has 8 heteroatoms. The van der Waals surface area contributed by atoms with E-state index >= 15 is 0 Å². The molecular weight excluding hydrogens is 741 g/mol. The molecular formula is C51H48O8. The largest absolute Gasteiger partial charge is 0.457 e. The Labute approximate surface area is 345 Å². The number of benzene rings is 6. The number of ether oxygens (including phenoxy) is 6. The van der Waals surface area contributed by atoms with Gasteiger partial charge in [-0.3, -0.25) is 9.59 Å². The van der Waals surface area contributed by atoms with Crippen LogP contribution < -0.4 is 0 Å². The molecule has 0 spiro atoms. The van der Waals surface area contributed by atoms with E-state index in [0.29, 0.717) is 0 Å². The zero-order chi connectivity index (χ0) is 41.1. The van der Waals surface area contributed by atoms with Gasteiger partial charge in [0.15, 0.2) is 18.5 Å². The first-order valence-corrected chi connectivity index (χ1v) is 19.7. The first-order chi connectivity index (χ1) is 28.9. The van der Waals surface area contributed by atoms with Gasteiger partial charge in [0.05, 0.1) is 13.2 Å². The van der Waals surface area contributed by atoms with Crippen LogP contribution in [0.1, 0.15) is 47.2 Å². The highest BCUT2D eigenvalue weighted by atomic mass is 16.7. The Kier molecular flexibility index (Phi) is 13.3. The van der Waals surface area contributed by atoms with E-state index in [1.54, 1.807) is 6.08 Å². The van der Waals surface area contributed by atoms with Crippen molar-refractivity contribution in [2.45, 2.75) is 55.8 Å². The molecule has 59 heavy (non-hydrogen) atoms. The average Bonchev–Trinajstić information content (AvgIpc) is 3.28. The van der Waals surface area contributed by atoms with Crippen molar-refractivity contribution in [1.82, 2.24) is 0 Å². The molecule has 1 saturated heterocycles. The smallest absolute Gasteiger partial charge is 0.303 e. The van der Waals surface area contributed by atoms with Crippen LogP contribution in [0.3, 0.4) is 0 Å². The number of carbonyl (C=O) groups excluding carboxylic acids is 2. The SMILES string of the molecule is C=CCO[C@H]1O[C@H](COC(c2ccccc2)(c2ccccc2)c2ccccc2)[C@@H](OC(C)=O)[C@H](OC(c2ccccc2)(c2ccccc2)c2ccccc2)[C@@H]1OC(C)=O. The first kappa shape index (κ1) is 41.0. The molecule has 0 aromatic heterocycles. The van der Waals surface area contributed by atoms with Crippen molar-refractivity contribution in [2.24, 2.45) is 0 Å². The number of hydrogen-bond acceptors (Lipinski definition) is 8. The van der Waals surface area contributed by atoms with Gasteiger partial charge in [0, 0.05) is 13.8 Å². The average molecular weight is 789 g/mol. The quantitative estimate of drug-likeness (QED) is 0.0545. The number of carbonyl (C=O) groups is 2. The molecule has 0 aliphatic carbocycles. The normalized spacial score (nSPS) is 19.3. The van der Waals surface area contributed by atoms with Crippen molar-refractivity contribution in [3.63, 3.8) is 0 Å². The van der Waals surface area contributed by atoms with E-state index in [2.05, 4.69) is 6.58 Å². The van der Waals surface area contributed by atoms with Gasteiger partial charge in [0.2, 0.25) is 0 Å². The van der Waals surface area contributed by atoms with Crippen molar-refractivity contribution < 1.29 is 38.0 Å². The Morgan fingerprint density at radius 2 is 0.864 bits per heavy atom. The van der Waals surface area contributed by atoms with E-state index in [9.17, 15) is 9.59 Å². The van der Waals surface area contributed by atoms with Gasteiger partial charge in [-0.15, -0.1) is 6.58 Å². The molecule has 7 rings (SSSR count). The minimum atomic E-state index is -1.32. The summed E-state index contributed by atoms with van der Waals surface area (Å²) in [6, 6.07) is 59.3. The monoisotopic (exact) mass is 788 g/mol. The third-order valence-corrected chi connectivity index (χ3v) is 10.4. The maximum atomic E-state index is 13.3. The molecule has 1 aliphatic heterocycles. The lowest BCUT2D eigenvalue weighted by molar-refractivity contribution is -0.322. The molecule has 1 aliphatic rings. The Balaban J connectivity index is 1.42. The molecule has 1 fully saturated rings. The highest BCUT2D eigenvalue weighted by Crippen LogP contribution is 2.46. The summed E-state index contributed by atoms with van der Waals surface area (Å²) >= 11 is 0. The molecule has 1 heterocycles. The molecule has 0 N–H and O–H groups in total. The maximum absolute atomic E-state index is 13.3. The number of esters is 2. The fourth-order valence-electron chi connectivity index (χ4n) is 8.00. The number of rotatable bonds is 16. The van der Waals surface area contributed by atoms with Gasteiger partial charge in [-0.1, -0.05) is 188 Å². The summed E-state index contributed by atoms with van der Waals surface area (Å²) < 4.78 is 40.3. The Bertz CT molecular complexity index is 2040. The van der Waals surface area contributed by atoms with E-state index in [-0.39, 0.29) is 13.2 Å². The van der Waals surface area contributed by atoms with E-state index < -0.39 is 53.8 Å². The second-order valence-electron chi connectivity index (χ2n) is 14.3. The van der Waals surface area contributed by atoms with E-state index in [1.165, 1.54) is 13.8 Å². The predicted octanol–water partition coefficient (Wildman–Crippen LogP) is 9.16. The van der Waals surface area contributed by atoms with E-state index in [4.69, 9.17) is 28.4 Å². The first-order valence-electron chi connectivity index (χ1n) is 19.7. The Hall–Kier alpha value is -6.16. The lowest BCUT2D eigenvalue weighted by atomic mass is 9.79. The molecule has 0 radical (unpaired) electrons. The molecule has 0 amide bonds. The predicted molar refractivity (Wildman–Crippen MR) is 225 cm³/mol. The van der Waals surface area contributed by atoms with Gasteiger partial charge in [-0.2, -0.15) is 0 Å². The molecule has 0 unspecified atom stereocenters. The van der Waals surface area contributed by atoms with Crippen LogP contribution in [0.5, 0.6) is 0 Å². The standard InChI is InChI=1S/C51H48O8/c1-4-35-54-49-48(57-38(3)53)47(59-51(42-29-17-8-18-30-42,43-31-19-9-20-32-43)44-33-21-10-22-34-44)46(56-37(2)52)45(58-49)36-55-50(39-23-11-5-12-24-39,40-25-13-6-14-26-40)41-27-15-7-16-28-41/h4-34,45-49H,1,35-36H2,2-3H3/t45-,46-,47+,48+,49+/m1/s1. The van der Waals surface area contributed by atoms with E-state index in [1.807, 2.05) is 182 Å². The van der Waals surface area contributed by atoms with Crippen LogP contribution >= 0.6 is 0 Å². The summed E-state index contributed by atoms with van der Waals surface area (Å²) in [4.78, 5) is 26.3. The van der Waals surface area contributed by atoms with Crippen LogP contribution in [0.15, 0.2) is 195 Å². The van der Waals surface area contributed by atoms with Gasteiger partial charge in [0.1, 0.15) is 23.4 Å². The molecule has 0 saturated carbocycles. The molecule has 8 nitrogen and oxygen atoms in total. The number of hydrogen-bond donors (Lipinski definition) is 0. The van der Waals surface area contributed by atoms with Crippen molar-refractivity contribution in [3.8, 4) is 0 Å². The van der Waals surface area contributed by atoms with Gasteiger partial charge in [-0.25, -0.2) is 0 Å². The molecule has 300 valence electrons. The van der Waals surface area contributed by atoms with Gasteiger partial charge in [0.25, 0.3) is 0 Å². The lowest BCUT2D eigenvalue weighted by Gasteiger charge is -2.49. The Morgan fingerprint density at radius 1 is 0.525 bits per heavy atom. The van der Waals surface area contributed by atoms with Crippen molar-refractivity contribution in [1.29, 1.82) is 0 Å². The van der Waals surface area contributed by atoms with Crippen LogP contribution in [0.2, 0.25) is 0 Å². The lowest BCUT2D eigenvalue weighted by Crippen LogP contribution is -2.64. The topological polar surface area (TPSA) is 89.5 Å². The Morgan fingerprint density at radius 3 is 1.20 bits per heavy atom. The summed E-state index contributed by atoms with van der Waals surface area (Å²) in [5.74, 6) is -1.19. The van der Waals surface area contributed by atoms with Crippen LogP contribution in [0.25, 0.3) is 0 Å². The molecule has 0 bridgehead atoms. The second-order valence-corrected chi connectivity index (χ2v) is 14.3. The minimum Gasteiger partial charge on any atom is -0.457 e. The van der Waals surface area contributed by atoms with Crippen LogP contribution in [-0.2, 0) is 49.2 Å². The van der Waals surface area contributed by atoms with Gasteiger partial charge < -0.3 is 28.4 Å². The minimum absolute atomic E-state index is 0.0597. The fourth-order valence-corrected chi connectivity index (χ4v) is 8.00. The highest BCUT2D eigenvalue weighted by Gasteiger charge is 2.55. The zero-order valence-corrected chi connectivity index (χ0v) is 33.2. The van der Waals surface area contributed by atoms with Crippen LogP contribution in [0.4, 0.5) is 0 Å². The van der Waals surface area contributed by atoms with Crippen LogP contribution in [0, 0.1) is 0 Å². The third-order valence-electron chi connectivity index (χ3n) is 10.4. The molecule has 5 atom stereocenters.